The molecule has 0 aliphatic heterocycles. The Morgan fingerprint density at radius 2 is 1.86 bits per heavy atom. The molecule has 4 aromatic heterocycles. The number of aromatic amines is 1. The van der Waals surface area contributed by atoms with Crippen LogP contribution in [0.4, 0.5) is 23.4 Å². The number of fused-ring (bicyclic) bond motifs is 2. The number of nitrogens with one attached hydrogen (secondary N) is 2. The van der Waals surface area contributed by atoms with Crippen LogP contribution in [0.1, 0.15) is 17.2 Å². The van der Waals surface area contributed by atoms with E-state index in [1.807, 2.05) is 0 Å². The van der Waals surface area contributed by atoms with Crippen molar-refractivity contribution in [2.45, 2.75) is 19.1 Å². The number of aryl methyl sites for hydroxylation is 1. The summed E-state index contributed by atoms with van der Waals surface area (Å²) in [5.74, 6) is -0.698. The van der Waals surface area contributed by atoms with Crippen LogP contribution in [0, 0.1) is 12.7 Å². The summed E-state index contributed by atoms with van der Waals surface area (Å²) in [5, 5.41) is 2.72. The topological polar surface area (TPSA) is 96.5 Å². The summed E-state index contributed by atoms with van der Waals surface area (Å²) in [6.45, 7) is 1.47. The highest BCUT2D eigenvalue weighted by atomic mass is 19.4. The van der Waals surface area contributed by atoms with E-state index in [0.717, 1.165) is 12.4 Å². The molecule has 5 aromatic rings. The van der Waals surface area contributed by atoms with E-state index in [-0.39, 0.29) is 44.6 Å². The van der Waals surface area contributed by atoms with Gasteiger partial charge >= 0.3 is 6.18 Å². The molecule has 0 fully saturated rings. The van der Waals surface area contributed by atoms with Gasteiger partial charge in [-0.3, -0.25) is 9.78 Å². The van der Waals surface area contributed by atoms with Crippen LogP contribution >= 0.6 is 0 Å². The number of halogens is 4. The first kappa shape index (κ1) is 22.4. The second-order valence-electron chi connectivity index (χ2n) is 7.80. The highest BCUT2D eigenvalue weighted by Crippen LogP contribution is 2.41. The minimum Gasteiger partial charge on any atom is -0.353 e. The third kappa shape index (κ3) is 4.05. The van der Waals surface area contributed by atoms with Crippen LogP contribution in [0.3, 0.4) is 0 Å². The molecule has 0 bridgehead atoms. The second kappa shape index (κ2) is 8.42. The number of rotatable bonds is 4. The van der Waals surface area contributed by atoms with Crippen molar-refractivity contribution >= 4 is 27.8 Å². The van der Waals surface area contributed by atoms with Crippen LogP contribution < -0.4 is 10.9 Å². The predicted molar refractivity (Wildman–Crippen MR) is 122 cm³/mol. The molecule has 176 valence electrons. The summed E-state index contributed by atoms with van der Waals surface area (Å²) in [6, 6.07) is 7.50. The quantitative estimate of drug-likeness (QED) is 0.348. The molecule has 1 aromatic carbocycles. The number of aromatic nitrogens is 5. The van der Waals surface area contributed by atoms with Gasteiger partial charge in [0, 0.05) is 28.9 Å². The van der Waals surface area contributed by atoms with Crippen molar-refractivity contribution in [1.29, 1.82) is 0 Å². The average molecular weight is 480 g/mol. The molecule has 0 unspecified atom stereocenters. The van der Waals surface area contributed by atoms with Crippen LogP contribution in [-0.4, -0.2) is 31.1 Å². The van der Waals surface area contributed by atoms with Gasteiger partial charge in [0.05, 0.1) is 22.3 Å². The van der Waals surface area contributed by atoms with Gasteiger partial charge in [0.2, 0.25) is 0 Å². The number of hydrogen-bond donors (Lipinski definition) is 2. The number of benzene rings is 1. The number of pyridine rings is 3. The fraction of sp³-hybridized carbons (Fsp3) is 0.125. The number of alkyl halides is 3. The molecule has 11 heteroatoms. The van der Waals surface area contributed by atoms with Crippen LogP contribution in [0.25, 0.3) is 33.2 Å². The lowest BCUT2D eigenvalue weighted by molar-refractivity contribution is -0.143. The van der Waals surface area contributed by atoms with Crippen molar-refractivity contribution in [2.75, 3.05) is 5.32 Å². The van der Waals surface area contributed by atoms with Gasteiger partial charge in [0.25, 0.3) is 5.56 Å². The van der Waals surface area contributed by atoms with Crippen molar-refractivity contribution in [2.24, 2.45) is 0 Å². The summed E-state index contributed by atoms with van der Waals surface area (Å²) < 4.78 is 57.8. The average Bonchev–Trinajstić information content (AvgIpc) is 2.84. The van der Waals surface area contributed by atoms with Crippen molar-refractivity contribution in [3.8, 4) is 11.3 Å². The summed E-state index contributed by atoms with van der Waals surface area (Å²) in [4.78, 5) is 31.5. The monoisotopic (exact) mass is 480 g/mol. The summed E-state index contributed by atoms with van der Waals surface area (Å²) in [5.41, 5.74) is -0.459. The fourth-order valence-corrected chi connectivity index (χ4v) is 3.89. The molecule has 0 saturated heterocycles. The molecule has 5 rings (SSSR count). The van der Waals surface area contributed by atoms with Gasteiger partial charge in [0.15, 0.2) is 11.9 Å². The lowest BCUT2D eigenvalue weighted by Gasteiger charge is -2.25. The van der Waals surface area contributed by atoms with Gasteiger partial charge < -0.3 is 10.3 Å². The van der Waals surface area contributed by atoms with Crippen molar-refractivity contribution in [1.82, 2.24) is 24.9 Å². The Balaban J connectivity index is 1.79. The van der Waals surface area contributed by atoms with E-state index in [2.05, 4.69) is 30.2 Å². The van der Waals surface area contributed by atoms with Gasteiger partial charge in [0.1, 0.15) is 17.7 Å². The summed E-state index contributed by atoms with van der Waals surface area (Å²) in [6.07, 6.45) is -0.918. The smallest absolute Gasteiger partial charge is 0.353 e. The molecule has 0 spiro atoms. The van der Waals surface area contributed by atoms with Crippen molar-refractivity contribution in [3.63, 3.8) is 0 Å². The van der Waals surface area contributed by atoms with E-state index in [4.69, 9.17) is 0 Å². The largest absolute Gasteiger partial charge is 0.412 e. The number of anilines is 1. The van der Waals surface area contributed by atoms with E-state index in [1.54, 1.807) is 12.1 Å². The molecule has 4 heterocycles. The first-order chi connectivity index (χ1) is 16.7. The first-order valence-electron chi connectivity index (χ1n) is 10.4. The Morgan fingerprint density at radius 1 is 1.03 bits per heavy atom. The maximum absolute atomic E-state index is 14.5. The Kier molecular flexibility index (Phi) is 5.39. The summed E-state index contributed by atoms with van der Waals surface area (Å²) in [7, 11) is 0. The van der Waals surface area contributed by atoms with Gasteiger partial charge in [-0.05, 0) is 49.4 Å². The van der Waals surface area contributed by atoms with E-state index in [0.29, 0.717) is 5.52 Å². The molecule has 1 atom stereocenters. The molecule has 0 saturated carbocycles. The maximum Gasteiger partial charge on any atom is 0.412 e. The van der Waals surface area contributed by atoms with Crippen LogP contribution in [-0.2, 0) is 0 Å². The molecule has 35 heavy (non-hydrogen) atoms. The van der Waals surface area contributed by atoms with Crippen LogP contribution in [0.5, 0.6) is 0 Å². The third-order valence-corrected chi connectivity index (χ3v) is 5.59. The Morgan fingerprint density at radius 3 is 2.63 bits per heavy atom. The third-order valence-electron chi connectivity index (χ3n) is 5.59. The minimum absolute atomic E-state index is 0.0882. The fourth-order valence-electron chi connectivity index (χ4n) is 3.89. The zero-order valence-corrected chi connectivity index (χ0v) is 18.1. The molecule has 0 radical (unpaired) electrons. The highest BCUT2D eigenvalue weighted by Gasteiger charge is 2.43. The molecule has 0 amide bonds. The molecule has 0 aliphatic carbocycles. The molecule has 2 N–H and O–H groups in total. The van der Waals surface area contributed by atoms with Crippen LogP contribution in [0.15, 0.2) is 66.0 Å². The van der Waals surface area contributed by atoms with Gasteiger partial charge in [-0.25, -0.2) is 19.3 Å². The zero-order chi connectivity index (χ0) is 24.7. The lowest BCUT2D eigenvalue weighted by atomic mass is 9.96. The number of hydrogen-bond acceptors (Lipinski definition) is 6. The Labute approximate surface area is 194 Å². The Bertz CT molecular complexity index is 1630. The van der Waals surface area contributed by atoms with E-state index < -0.39 is 23.6 Å². The zero-order valence-electron chi connectivity index (χ0n) is 18.1. The SMILES string of the molecule is Cc1c(F)ccc2cc([C@@H](Nc3ncnc4cccnc34)C(F)(F)F)c(-c3ccc[nH]c3=O)nc12. The first-order valence-corrected chi connectivity index (χ1v) is 10.4. The van der Waals surface area contributed by atoms with Gasteiger partial charge in [-0.1, -0.05) is 0 Å². The van der Waals surface area contributed by atoms with E-state index in [9.17, 15) is 22.4 Å². The molecule has 7 nitrogen and oxygen atoms in total. The maximum atomic E-state index is 14.5. The Hall–Kier alpha value is -4.41. The molecule has 0 aliphatic rings. The summed E-state index contributed by atoms with van der Waals surface area (Å²) >= 11 is 0. The normalized spacial score (nSPS) is 12.7. The number of nitrogens with zero attached hydrogens (tertiary/aromatic N) is 4. The standard InChI is InChI=1S/C24H16F4N6O/c1-12-16(25)7-6-13-10-15(19(33-18(12)13)14-4-2-9-30-23(14)35)21(24(26,27)28)34-22-20-17(31-11-32-22)5-3-8-29-20/h2-11,21H,1H3,(H,30,35)(H,31,32,34)/t21-/m1/s1. The minimum atomic E-state index is -4.83. The van der Waals surface area contributed by atoms with Crippen LogP contribution in [0.2, 0.25) is 0 Å². The van der Waals surface area contributed by atoms with Crippen molar-refractivity contribution in [3.05, 3.63) is 88.5 Å². The highest BCUT2D eigenvalue weighted by molar-refractivity contribution is 5.87. The van der Waals surface area contributed by atoms with Gasteiger partial charge in [-0.2, -0.15) is 13.2 Å². The lowest BCUT2D eigenvalue weighted by Crippen LogP contribution is -2.29. The van der Waals surface area contributed by atoms with Crippen molar-refractivity contribution < 1.29 is 17.6 Å². The van der Waals surface area contributed by atoms with E-state index in [1.165, 1.54) is 43.6 Å². The second-order valence-corrected chi connectivity index (χ2v) is 7.80. The molecular weight excluding hydrogens is 464 g/mol. The van der Waals surface area contributed by atoms with E-state index >= 15 is 0 Å². The molecular formula is C24H16F4N6O. The number of H-pyrrole nitrogens is 1. The van der Waals surface area contributed by atoms with Gasteiger partial charge in [-0.15, -0.1) is 0 Å². The predicted octanol–water partition coefficient (Wildman–Crippen LogP) is 5.09.